The Morgan fingerprint density at radius 3 is 2.62 bits per heavy atom. The molecule has 4 rings (SSSR count). The van der Waals surface area contributed by atoms with Gasteiger partial charge in [0.25, 0.3) is 0 Å². The normalized spacial score (nSPS) is 18.8. The van der Waals surface area contributed by atoms with E-state index in [1.807, 2.05) is 44.2 Å². The first kappa shape index (κ1) is 22.8. The molecular formula is C26H31NO4S. The van der Waals surface area contributed by atoms with Crippen LogP contribution < -0.4 is 4.74 Å². The lowest BCUT2D eigenvalue weighted by atomic mass is 10.0. The maximum atomic E-state index is 12.2. The molecule has 2 atom stereocenters. The van der Waals surface area contributed by atoms with E-state index < -0.39 is 15.9 Å². The lowest BCUT2D eigenvalue weighted by molar-refractivity contribution is 0.0524. The highest BCUT2D eigenvalue weighted by molar-refractivity contribution is 7.91. The first-order valence-corrected chi connectivity index (χ1v) is 12.9. The molecule has 170 valence electrons. The van der Waals surface area contributed by atoms with Gasteiger partial charge in [-0.2, -0.15) is 0 Å². The molecule has 0 radical (unpaired) electrons. The second-order valence-electron chi connectivity index (χ2n) is 8.86. The molecule has 3 aromatic rings. The molecule has 1 aliphatic heterocycles. The molecule has 1 aliphatic rings. The van der Waals surface area contributed by atoms with Gasteiger partial charge in [-0.1, -0.05) is 60.2 Å². The fourth-order valence-corrected chi connectivity index (χ4v) is 6.29. The van der Waals surface area contributed by atoms with E-state index in [0.717, 1.165) is 27.6 Å². The Morgan fingerprint density at radius 1 is 1.09 bits per heavy atom. The van der Waals surface area contributed by atoms with Gasteiger partial charge in [0.05, 0.1) is 11.5 Å². The Morgan fingerprint density at radius 2 is 1.88 bits per heavy atom. The molecule has 32 heavy (non-hydrogen) atoms. The van der Waals surface area contributed by atoms with Crippen molar-refractivity contribution >= 4 is 20.6 Å². The van der Waals surface area contributed by atoms with Gasteiger partial charge in [0.2, 0.25) is 0 Å². The number of fused-ring (bicyclic) bond motifs is 1. The van der Waals surface area contributed by atoms with Crippen LogP contribution in [-0.4, -0.2) is 55.2 Å². The third-order valence-corrected chi connectivity index (χ3v) is 7.94. The van der Waals surface area contributed by atoms with Crippen LogP contribution in [0.25, 0.3) is 10.8 Å². The number of ether oxygens (including phenoxy) is 1. The third kappa shape index (κ3) is 5.49. The molecule has 0 bridgehead atoms. The standard InChI is InChI=1S/C26H31NO4S/c1-19-10-11-26(20(2)14-19)31-17-24(28)16-27(23-12-13-32(29,30)18-23)15-22-8-5-7-21-6-3-4-9-25(21)22/h3-11,14,23-24,28H,12-13,15-18H2,1-2H3. The van der Waals surface area contributed by atoms with Crippen LogP contribution in [0.15, 0.2) is 60.7 Å². The Kier molecular flexibility index (Phi) is 6.84. The SMILES string of the molecule is Cc1ccc(OCC(O)CN(Cc2cccc3ccccc23)C2CCS(=O)(=O)C2)c(C)c1. The Bertz CT molecular complexity index is 1190. The fourth-order valence-electron chi connectivity index (χ4n) is 4.53. The zero-order chi connectivity index (χ0) is 22.7. The summed E-state index contributed by atoms with van der Waals surface area (Å²) in [6.45, 7) is 5.13. The Hall–Kier alpha value is -2.41. The number of hydrogen-bond acceptors (Lipinski definition) is 5. The quantitative estimate of drug-likeness (QED) is 0.561. The Labute approximate surface area is 190 Å². The predicted molar refractivity (Wildman–Crippen MR) is 129 cm³/mol. The lowest BCUT2D eigenvalue weighted by Gasteiger charge is -2.30. The van der Waals surface area contributed by atoms with Crippen LogP contribution >= 0.6 is 0 Å². The van der Waals surface area contributed by atoms with Crippen LogP contribution in [0.2, 0.25) is 0 Å². The number of sulfone groups is 1. The van der Waals surface area contributed by atoms with E-state index in [2.05, 4.69) is 35.2 Å². The zero-order valence-electron chi connectivity index (χ0n) is 18.7. The average Bonchev–Trinajstić information content (AvgIpc) is 3.12. The predicted octanol–water partition coefficient (Wildman–Crippen LogP) is 3.89. The molecule has 6 heteroatoms. The topological polar surface area (TPSA) is 66.8 Å². The molecule has 5 nitrogen and oxygen atoms in total. The molecule has 0 saturated carbocycles. The molecule has 1 N–H and O–H groups in total. The van der Waals surface area contributed by atoms with Gasteiger partial charge in [0.1, 0.15) is 18.5 Å². The molecule has 2 unspecified atom stereocenters. The van der Waals surface area contributed by atoms with E-state index >= 15 is 0 Å². The van der Waals surface area contributed by atoms with Crippen molar-refractivity contribution in [1.82, 2.24) is 4.90 Å². The highest BCUT2D eigenvalue weighted by Crippen LogP contribution is 2.25. The number of nitrogens with zero attached hydrogens (tertiary/aromatic N) is 1. The minimum atomic E-state index is -3.03. The first-order chi connectivity index (χ1) is 15.3. The molecule has 1 saturated heterocycles. The number of benzene rings is 3. The smallest absolute Gasteiger partial charge is 0.151 e. The monoisotopic (exact) mass is 453 g/mol. The minimum Gasteiger partial charge on any atom is -0.491 e. The number of rotatable bonds is 8. The molecule has 0 aromatic heterocycles. The fraction of sp³-hybridized carbons (Fsp3) is 0.385. The molecule has 3 aromatic carbocycles. The van der Waals surface area contributed by atoms with Gasteiger partial charge in [0.15, 0.2) is 9.84 Å². The van der Waals surface area contributed by atoms with Crippen molar-refractivity contribution in [2.45, 2.75) is 39.0 Å². The van der Waals surface area contributed by atoms with Crippen LogP contribution in [0.4, 0.5) is 0 Å². The van der Waals surface area contributed by atoms with E-state index in [-0.39, 0.29) is 24.2 Å². The minimum absolute atomic E-state index is 0.102. The average molecular weight is 454 g/mol. The van der Waals surface area contributed by atoms with Gasteiger partial charge >= 0.3 is 0 Å². The summed E-state index contributed by atoms with van der Waals surface area (Å²) in [4.78, 5) is 2.11. The Balaban J connectivity index is 1.50. The van der Waals surface area contributed by atoms with Gasteiger partial charge in [-0.25, -0.2) is 8.42 Å². The van der Waals surface area contributed by atoms with Crippen LogP contribution in [0.1, 0.15) is 23.1 Å². The van der Waals surface area contributed by atoms with Crippen LogP contribution in [0, 0.1) is 13.8 Å². The van der Waals surface area contributed by atoms with Crippen molar-refractivity contribution in [3.05, 3.63) is 77.4 Å². The number of aliphatic hydroxyl groups is 1. The summed E-state index contributed by atoms with van der Waals surface area (Å²) >= 11 is 0. The van der Waals surface area contributed by atoms with Gasteiger partial charge in [-0.3, -0.25) is 4.90 Å². The van der Waals surface area contributed by atoms with E-state index in [4.69, 9.17) is 4.74 Å². The summed E-state index contributed by atoms with van der Waals surface area (Å²) < 4.78 is 30.2. The number of hydrogen-bond donors (Lipinski definition) is 1. The second-order valence-corrected chi connectivity index (χ2v) is 11.1. The largest absolute Gasteiger partial charge is 0.491 e. The summed E-state index contributed by atoms with van der Waals surface area (Å²) in [6.07, 6.45) is -0.133. The number of aliphatic hydroxyl groups excluding tert-OH is 1. The van der Waals surface area contributed by atoms with Crippen molar-refractivity contribution in [1.29, 1.82) is 0 Å². The summed E-state index contributed by atoms with van der Waals surface area (Å²) in [6, 6.07) is 20.3. The summed E-state index contributed by atoms with van der Waals surface area (Å²) in [5, 5.41) is 13.1. The molecular weight excluding hydrogens is 422 g/mol. The highest BCUT2D eigenvalue weighted by Gasteiger charge is 2.33. The van der Waals surface area contributed by atoms with E-state index in [1.165, 1.54) is 5.56 Å². The van der Waals surface area contributed by atoms with Crippen molar-refractivity contribution in [3.63, 3.8) is 0 Å². The number of aryl methyl sites for hydroxylation is 2. The zero-order valence-corrected chi connectivity index (χ0v) is 19.5. The van der Waals surface area contributed by atoms with Crippen LogP contribution in [0.5, 0.6) is 5.75 Å². The lowest BCUT2D eigenvalue weighted by Crippen LogP contribution is -2.42. The van der Waals surface area contributed by atoms with E-state index in [9.17, 15) is 13.5 Å². The highest BCUT2D eigenvalue weighted by atomic mass is 32.2. The van der Waals surface area contributed by atoms with E-state index in [0.29, 0.717) is 19.5 Å². The molecule has 0 aliphatic carbocycles. The van der Waals surface area contributed by atoms with Crippen molar-refractivity contribution in [2.24, 2.45) is 0 Å². The van der Waals surface area contributed by atoms with Crippen molar-refractivity contribution < 1.29 is 18.3 Å². The maximum absolute atomic E-state index is 12.2. The van der Waals surface area contributed by atoms with Gasteiger partial charge in [-0.15, -0.1) is 0 Å². The van der Waals surface area contributed by atoms with Crippen LogP contribution in [-0.2, 0) is 16.4 Å². The van der Waals surface area contributed by atoms with Crippen molar-refractivity contribution in [3.8, 4) is 5.75 Å². The van der Waals surface area contributed by atoms with Crippen molar-refractivity contribution in [2.75, 3.05) is 24.7 Å². The summed E-state index contributed by atoms with van der Waals surface area (Å²) in [5.74, 6) is 1.11. The maximum Gasteiger partial charge on any atom is 0.151 e. The molecule has 1 heterocycles. The van der Waals surface area contributed by atoms with E-state index in [1.54, 1.807) is 0 Å². The van der Waals surface area contributed by atoms with Gasteiger partial charge in [-0.05, 0) is 48.2 Å². The molecule has 0 spiro atoms. The first-order valence-electron chi connectivity index (χ1n) is 11.1. The van der Waals surface area contributed by atoms with Gasteiger partial charge in [0, 0.05) is 19.1 Å². The van der Waals surface area contributed by atoms with Crippen LogP contribution in [0.3, 0.4) is 0 Å². The summed E-state index contributed by atoms with van der Waals surface area (Å²) in [7, 11) is -3.03. The summed E-state index contributed by atoms with van der Waals surface area (Å²) in [5.41, 5.74) is 3.33. The van der Waals surface area contributed by atoms with Gasteiger partial charge < -0.3 is 9.84 Å². The third-order valence-electron chi connectivity index (χ3n) is 6.19. The second kappa shape index (κ2) is 9.61. The molecule has 1 fully saturated rings. The molecule has 0 amide bonds.